The first-order valence-corrected chi connectivity index (χ1v) is 19.7. The fourth-order valence-electron chi connectivity index (χ4n) is 6.30. The SMILES string of the molecule is CN(C)c1ccc2c(c1)[Si](C)(C)c1cc(N(C)C)cc(/C=C/CCCC(=O)NCc3ccc(COc4nc(N)nc5nc[nH]c45)cc3)c1C2=O. The molecule has 0 radical (unpaired) electrons. The summed E-state index contributed by atoms with van der Waals surface area (Å²) in [5.41, 5.74) is 13.5. The zero-order chi connectivity index (χ0) is 35.6. The molecule has 3 aromatic carbocycles. The molecule has 4 N–H and O–H groups in total. The number of nitrogens with two attached hydrogens (primary N) is 1. The molecule has 1 amide bonds. The lowest BCUT2D eigenvalue weighted by molar-refractivity contribution is -0.121. The van der Waals surface area contributed by atoms with E-state index in [1.54, 1.807) is 0 Å². The van der Waals surface area contributed by atoms with Crippen molar-refractivity contribution in [3.05, 3.63) is 94.8 Å². The maximum absolute atomic E-state index is 14.0. The van der Waals surface area contributed by atoms with Crippen molar-refractivity contribution in [3.63, 3.8) is 0 Å². The van der Waals surface area contributed by atoms with Crippen LogP contribution in [0.15, 0.2) is 67.0 Å². The van der Waals surface area contributed by atoms with E-state index >= 15 is 0 Å². The number of unbranched alkanes of at least 4 members (excludes halogenated alkanes) is 1. The van der Waals surface area contributed by atoms with Crippen molar-refractivity contribution in [1.29, 1.82) is 0 Å². The Bertz CT molecular complexity index is 2090. The van der Waals surface area contributed by atoms with Gasteiger partial charge in [-0.15, -0.1) is 0 Å². The lowest BCUT2D eigenvalue weighted by Gasteiger charge is -2.35. The third kappa shape index (κ3) is 7.11. The Hall–Kier alpha value is -5.49. The number of carbonyl (C=O) groups excluding carboxylic acids is 2. The number of fused-ring (bicyclic) bond motifs is 3. The molecule has 0 spiro atoms. The normalized spacial score (nSPS) is 13.3. The Morgan fingerprint density at radius 1 is 0.960 bits per heavy atom. The smallest absolute Gasteiger partial charge is 0.245 e. The molecule has 5 aromatic rings. The largest absolute Gasteiger partial charge is 0.471 e. The van der Waals surface area contributed by atoms with Gasteiger partial charge in [0.05, 0.1) is 6.33 Å². The average molecular weight is 689 g/mol. The van der Waals surface area contributed by atoms with Crippen LogP contribution in [0.1, 0.15) is 51.9 Å². The van der Waals surface area contributed by atoms with Gasteiger partial charge in [-0.25, -0.2) is 4.98 Å². The number of allylic oxidation sites excluding steroid dienone is 1. The Morgan fingerprint density at radius 2 is 1.68 bits per heavy atom. The number of anilines is 3. The minimum atomic E-state index is -2.18. The second-order valence-electron chi connectivity index (χ2n) is 13.6. The van der Waals surface area contributed by atoms with Gasteiger partial charge in [0.1, 0.15) is 20.2 Å². The maximum atomic E-state index is 14.0. The molecule has 0 atom stereocenters. The molecule has 1 aliphatic rings. The molecule has 258 valence electrons. The van der Waals surface area contributed by atoms with Crippen LogP contribution in [0.5, 0.6) is 5.88 Å². The predicted molar refractivity (Wildman–Crippen MR) is 203 cm³/mol. The number of amides is 1. The number of nitrogens with zero attached hydrogens (tertiary/aromatic N) is 5. The topological polar surface area (TPSA) is 142 Å². The molecule has 0 fully saturated rings. The van der Waals surface area contributed by atoms with Gasteiger partial charge >= 0.3 is 0 Å². The van der Waals surface area contributed by atoms with Gasteiger partial charge in [0.25, 0.3) is 0 Å². The first kappa shape index (κ1) is 34.4. The number of benzene rings is 3. The fourth-order valence-corrected chi connectivity index (χ4v) is 9.36. The van der Waals surface area contributed by atoms with Crippen molar-refractivity contribution in [2.24, 2.45) is 0 Å². The van der Waals surface area contributed by atoms with Crippen molar-refractivity contribution in [3.8, 4) is 5.88 Å². The third-order valence-corrected chi connectivity index (χ3v) is 12.7. The van der Waals surface area contributed by atoms with Crippen LogP contribution in [0.4, 0.5) is 17.3 Å². The molecule has 0 unspecified atom stereocenters. The molecular weight excluding hydrogens is 645 g/mol. The Morgan fingerprint density at radius 3 is 2.42 bits per heavy atom. The number of ether oxygens (including phenoxy) is 1. The van der Waals surface area contributed by atoms with Crippen LogP contribution in [0.2, 0.25) is 13.1 Å². The molecule has 50 heavy (non-hydrogen) atoms. The van der Waals surface area contributed by atoms with E-state index in [0.29, 0.717) is 43.0 Å². The number of H-pyrrole nitrogens is 1. The number of rotatable bonds is 12. The fraction of sp³-hybridized carbons (Fsp3) is 0.289. The van der Waals surface area contributed by atoms with Gasteiger partial charge < -0.3 is 30.6 Å². The zero-order valence-corrected chi connectivity index (χ0v) is 30.5. The maximum Gasteiger partial charge on any atom is 0.245 e. The average Bonchev–Trinajstić information content (AvgIpc) is 3.57. The standard InChI is InChI=1S/C38H44N8O3Si/c1-45(2)27-16-17-29-30(19-27)50(5,6)31-20-28(46(3)4)18-26(33(31)35(29)48)10-8-7-9-11-32(47)40-21-24-12-14-25(15-13-24)22-49-37-34-36(42-23-41-34)43-38(39)44-37/h8,10,12-20,23H,7,9,11,21-22H2,1-6H3,(H,40,47)(H3,39,41,42,43,44)/b10-8+. The van der Waals surface area contributed by atoms with E-state index < -0.39 is 8.07 Å². The van der Waals surface area contributed by atoms with E-state index in [0.717, 1.165) is 45.6 Å². The van der Waals surface area contributed by atoms with Crippen LogP contribution >= 0.6 is 0 Å². The number of aromatic amines is 1. The second-order valence-corrected chi connectivity index (χ2v) is 17.9. The third-order valence-electron chi connectivity index (χ3n) is 9.24. The van der Waals surface area contributed by atoms with Gasteiger partial charge in [-0.3, -0.25) is 9.59 Å². The van der Waals surface area contributed by atoms with Gasteiger partial charge in [0.15, 0.2) is 11.4 Å². The monoisotopic (exact) mass is 688 g/mol. The minimum Gasteiger partial charge on any atom is -0.471 e. The van der Waals surface area contributed by atoms with Crippen LogP contribution < -0.4 is 36.0 Å². The highest BCUT2D eigenvalue weighted by molar-refractivity contribution is 7.02. The molecule has 0 bridgehead atoms. The van der Waals surface area contributed by atoms with Crippen molar-refractivity contribution < 1.29 is 14.3 Å². The summed E-state index contributed by atoms with van der Waals surface area (Å²) >= 11 is 0. The molecule has 11 nitrogen and oxygen atoms in total. The number of carbonyl (C=O) groups is 2. The summed E-state index contributed by atoms with van der Waals surface area (Å²) in [5, 5.41) is 5.37. The van der Waals surface area contributed by atoms with Gasteiger partial charge in [-0.1, -0.05) is 49.5 Å². The second kappa shape index (κ2) is 14.2. The quantitative estimate of drug-likeness (QED) is 0.128. The van der Waals surface area contributed by atoms with Gasteiger partial charge in [-0.2, -0.15) is 9.97 Å². The van der Waals surface area contributed by atoms with Crippen molar-refractivity contribution in [2.75, 3.05) is 43.7 Å². The molecule has 2 aromatic heterocycles. The predicted octanol–water partition coefficient (Wildman–Crippen LogP) is 4.51. The van der Waals surface area contributed by atoms with Crippen LogP contribution in [-0.2, 0) is 17.9 Å². The molecule has 3 heterocycles. The molecule has 0 saturated carbocycles. The van der Waals surface area contributed by atoms with E-state index in [2.05, 4.69) is 78.5 Å². The number of hydrogen-bond donors (Lipinski definition) is 3. The Labute approximate surface area is 293 Å². The zero-order valence-electron chi connectivity index (χ0n) is 29.5. The Kier molecular flexibility index (Phi) is 9.73. The molecule has 0 aliphatic carbocycles. The van der Waals surface area contributed by atoms with Crippen LogP contribution in [0.25, 0.3) is 17.2 Å². The number of nitrogens with one attached hydrogen (secondary N) is 2. The first-order chi connectivity index (χ1) is 23.9. The number of imidazole rings is 1. The summed E-state index contributed by atoms with van der Waals surface area (Å²) in [5.74, 6) is 0.534. The highest BCUT2D eigenvalue weighted by Gasteiger charge is 2.40. The summed E-state index contributed by atoms with van der Waals surface area (Å²) in [6.45, 7) is 5.41. The van der Waals surface area contributed by atoms with E-state index in [1.165, 1.54) is 16.7 Å². The van der Waals surface area contributed by atoms with E-state index in [-0.39, 0.29) is 17.6 Å². The van der Waals surface area contributed by atoms with Crippen molar-refractivity contribution >= 4 is 64.7 Å². The van der Waals surface area contributed by atoms with E-state index in [4.69, 9.17) is 10.5 Å². The number of ketones is 1. The summed E-state index contributed by atoms with van der Waals surface area (Å²) in [7, 11) is 5.95. The van der Waals surface area contributed by atoms with Gasteiger partial charge in [-0.05, 0) is 70.2 Å². The summed E-state index contributed by atoms with van der Waals surface area (Å²) < 4.78 is 5.86. The summed E-state index contributed by atoms with van der Waals surface area (Å²) in [6.07, 6.45) is 7.51. The Balaban J connectivity index is 1.03. The first-order valence-electron chi connectivity index (χ1n) is 16.7. The van der Waals surface area contributed by atoms with Crippen LogP contribution in [-0.4, -0.2) is 67.9 Å². The molecular formula is C38H44N8O3Si. The number of nitrogen functional groups attached to an aromatic ring is 1. The highest BCUT2D eigenvalue weighted by Crippen LogP contribution is 2.29. The van der Waals surface area contributed by atoms with Crippen LogP contribution in [0.3, 0.4) is 0 Å². The number of aromatic nitrogens is 4. The summed E-state index contributed by atoms with van der Waals surface area (Å²) in [6, 6.07) is 18.4. The van der Waals surface area contributed by atoms with E-state index in [1.807, 2.05) is 64.6 Å². The lowest BCUT2D eigenvalue weighted by atomic mass is 9.95. The molecule has 12 heteroatoms. The van der Waals surface area contributed by atoms with Crippen molar-refractivity contribution in [2.45, 2.75) is 45.5 Å². The number of hydrogen-bond acceptors (Lipinski definition) is 9. The van der Waals surface area contributed by atoms with Gasteiger partial charge in [0.2, 0.25) is 17.7 Å². The van der Waals surface area contributed by atoms with Crippen molar-refractivity contribution in [1.82, 2.24) is 25.3 Å². The molecule has 0 saturated heterocycles. The molecule has 6 rings (SSSR count). The lowest BCUT2D eigenvalue weighted by Crippen LogP contribution is -2.60. The van der Waals surface area contributed by atoms with Crippen LogP contribution in [0, 0.1) is 0 Å². The summed E-state index contributed by atoms with van der Waals surface area (Å²) in [4.78, 5) is 46.1. The van der Waals surface area contributed by atoms with E-state index in [9.17, 15) is 9.59 Å². The highest BCUT2D eigenvalue weighted by atomic mass is 28.3. The van der Waals surface area contributed by atoms with Gasteiger partial charge in [0, 0.05) is 63.7 Å². The minimum absolute atomic E-state index is 0.000605. The molecule has 1 aliphatic heterocycles.